The molecule has 1 aromatic rings. The van der Waals surface area contributed by atoms with Gasteiger partial charge in [-0.3, -0.25) is 0 Å². The smallest absolute Gasteiger partial charge is 0.0421 e. The van der Waals surface area contributed by atoms with Crippen molar-refractivity contribution in [2.75, 3.05) is 26.0 Å². The molecular formula is C13H20N2. The van der Waals surface area contributed by atoms with Gasteiger partial charge in [0.1, 0.15) is 0 Å². The average molecular weight is 204 g/mol. The Morgan fingerprint density at radius 3 is 2.53 bits per heavy atom. The van der Waals surface area contributed by atoms with E-state index in [2.05, 4.69) is 50.3 Å². The van der Waals surface area contributed by atoms with E-state index in [1.165, 1.54) is 28.8 Å². The zero-order chi connectivity index (χ0) is 11.0. The van der Waals surface area contributed by atoms with E-state index < -0.39 is 0 Å². The van der Waals surface area contributed by atoms with Crippen LogP contribution >= 0.6 is 0 Å². The number of hydrogen-bond acceptors (Lipinski definition) is 2. The fourth-order valence-electron chi connectivity index (χ4n) is 2.49. The summed E-state index contributed by atoms with van der Waals surface area (Å²) in [7, 11) is 4.34. The zero-order valence-electron chi connectivity index (χ0n) is 10.1. The number of anilines is 1. The summed E-state index contributed by atoms with van der Waals surface area (Å²) < 4.78 is 0. The lowest BCUT2D eigenvalue weighted by molar-refractivity contribution is 0.284. The first-order valence-corrected chi connectivity index (χ1v) is 5.61. The predicted molar refractivity (Wildman–Crippen MR) is 65.5 cm³/mol. The summed E-state index contributed by atoms with van der Waals surface area (Å²) in [5.41, 5.74) is 5.62. The van der Waals surface area contributed by atoms with Crippen LogP contribution in [-0.2, 0) is 0 Å². The summed E-state index contributed by atoms with van der Waals surface area (Å²) in [6.07, 6.45) is 1.20. The van der Waals surface area contributed by atoms with Crippen LogP contribution in [0.15, 0.2) is 12.1 Å². The molecule has 0 aliphatic carbocycles. The highest BCUT2D eigenvalue weighted by Gasteiger charge is 2.24. The quantitative estimate of drug-likeness (QED) is 0.756. The molecule has 2 heteroatoms. The van der Waals surface area contributed by atoms with Gasteiger partial charge in [-0.25, -0.2) is 0 Å². The Kier molecular flexibility index (Phi) is 2.70. The highest BCUT2D eigenvalue weighted by Crippen LogP contribution is 2.37. The van der Waals surface area contributed by atoms with Gasteiger partial charge in [-0.05, 0) is 51.1 Å². The standard InChI is InChI=1S/C13H20N2/c1-9-5-6-10(2)13-12(9)11(15(3)4)7-8-14-13/h5-6,11,14H,7-8H2,1-4H3. The first kappa shape index (κ1) is 10.5. The van der Waals surface area contributed by atoms with Crippen LogP contribution in [0.5, 0.6) is 0 Å². The number of nitrogens with zero attached hydrogens (tertiary/aromatic N) is 1. The van der Waals surface area contributed by atoms with Crippen LogP contribution in [0.3, 0.4) is 0 Å². The van der Waals surface area contributed by atoms with Gasteiger partial charge in [-0.1, -0.05) is 12.1 Å². The van der Waals surface area contributed by atoms with Crippen LogP contribution in [0, 0.1) is 13.8 Å². The molecule has 0 saturated carbocycles. The lowest BCUT2D eigenvalue weighted by Crippen LogP contribution is -2.28. The number of benzene rings is 1. The first-order valence-electron chi connectivity index (χ1n) is 5.61. The summed E-state index contributed by atoms with van der Waals surface area (Å²) in [5.74, 6) is 0. The summed E-state index contributed by atoms with van der Waals surface area (Å²) in [6.45, 7) is 5.48. The van der Waals surface area contributed by atoms with E-state index in [4.69, 9.17) is 0 Å². The van der Waals surface area contributed by atoms with Crippen molar-refractivity contribution in [2.45, 2.75) is 26.3 Å². The Balaban J connectivity index is 2.54. The van der Waals surface area contributed by atoms with E-state index in [1.54, 1.807) is 0 Å². The molecule has 1 unspecified atom stereocenters. The van der Waals surface area contributed by atoms with Gasteiger partial charge >= 0.3 is 0 Å². The minimum absolute atomic E-state index is 0.571. The van der Waals surface area contributed by atoms with E-state index in [-0.39, 0.29) is 0 Å². The van der Waals surface area contributed by atoms with Crippen LogP contribution in [0.25, 0.3) is 0 Å². The second-order valence-electron chi connectivity index (χ2n) is 4.68. The van der Waals surface area contributed by atoms with Crippen molar-refractivity contribution in [1.82, 2.24) is 4.90 Å². The molecule has 0 amide bonds. The third-order valence-electron chi connectivity index (χ3n) is 3.35. The SMILES string of the molecule is Cc1ccc(C)c2c1NCCC2N(C)C. The molecule has 1 atom stereocenters. The van der Waals surface area contributed by atoms with E-state index in [9.17, 15) is 0 Å². The van der Waals surface area contributed by atoms with Gasteiger partial charge in [-0.2, -0.15) is 0 Å². The zero-order valence-corrected chi connectivity index (χ0v) is 10.1. The van der Waals surface area contributed by atoms with Crippen LogP contribution in [0.4, 0.5) is 5.69 Å². The van der Waals surface area contributed by atoms with Crippen LogP contribution in [0.1, 0.15) is 29.2 Å². The number of rotatable bonds is 1. The first-order chi connectivity index (χ1) is 7.11. The Morgan fingerprint density at radius 2 is 1.87 bits per heavy atom. The minimum atomic E-state index is 0.571. The molecule has 1 aromatic carbocycles. The van der Waals surface area contributed by atoms with E-state index >= 15 is 0 Å². The van der Waals surface area contributed by atoms with E-state index in [0.717, 1.165) is 6.54 Å². The third kappa shape index (κ3) is 1.74. The molecule has 2 rings (SSSR count). The Morgan fingerprint density at radius 1 is 1.20 bits per heavy atom. The molecule has 1 heterocycles. The molecule has 1 aliphatic heterocycles. The van der Waals surface area contributed by atoms with Crippen molar-refractivity contribution in [3.8, 4) is 0 Å². The van der Waals surface area contributed by atoms with Crippen LogP contribution < -0.4 is 5.32 Å². The highest BCUT2D eigenvalue weighted by molar-refractivity contribution is 5.62. The van der Waals surface area contributed by atoms with Gasteiger partial charge in [0.2, 0.25) is 0 Å². The molecule has 1 N–H and O–H groups in total. The number of fused-ring (bicyclic) bond motifs is 1. The maximum Gasteiger partial charge on any atom is 0.0421 e. The van der Waals surface area contributed by atoms with Gasteiger partial charge in [0.05, 0.1) is 0 Å². The van der Waals surface area contributed by atoms with Gasteiger partial charge < -0.3 is 10.2 Å². The van der Waals surface area contributed by atoms with Gasteiger partial charge in [0.15, 0.2) is 0 Å². The van der Waals surface area contributed by atoms with Crippen LogP contribution in [-0.4, -0.2) is 25.5 Å². The topological polar surface area (TPSA) is 15.3 Å². The number of hydrogen-bond donors (Lipinski definition) is 1. The van der Waals surface area contributed by atoms with Gasteiger partial charge in [0, 0.05) is 18.3 Å². The molecule has 0 fully saturated rings. The van der Waals surface area contributed by atoms with Crippen molar-refractivity contribution in [1.29, 1.82) is 0 Å². The molecule has 15 heavy (non-hydrogen) atoms. The fraction of sp³-hybridized carbons (Fsp3) is 0.538. The summed E-state index contributed by atoms with van der Waals surface area (Å²) in [5, 5.41) is 3.53. The van der Waals surface area contributed by atoms with E-state index in [1.807, 2.05) is 0 Å². The number of aryl methyl sites for hydroxylation is 2. The van der Waals surface area contributed by atoms with Gasteiger partial charge in [-0.15, -0.1) is 0 Å². The maximum absolute atomic E-state index is 3.53. The molecule has 0 saturated heterocycles. The molecule has 0 bridgehead atoms. The third-order valence-corrected chi connectivity index (χ3v) is 3.35. The molecule has 82 valence electrons. The van der Waals surface area contributed by atoms with Crippen molar-refractivity contribution in [3.05, 3.63) is 28.8 Å². The molecule has 0 spiro atoms. The second-order valence-corrected chi connectivity index (χ2v) is 4.68. The lowest BCUT2D eigenvalue weighted by atomic mass is 9.90. The fourth-order valence-corrected chi connectivity index (χ4v) is 2.49. The molecule has 0 radical (unpaired) electrons. The average Bonchev–Trinajstić information content (AvgIpc) is 2.23. The highest BCUT2D eigenvalue weighted by atomic mass is 15.1. The van der Waals surface area contributed by atoms with Crippen molar-refractivity contribution < 1.29 is 0 Å². The Bertz CT molecular complexity index is 369. The number of nitrogens with one attached hydrogen (secondary N) is 1. The minimum Gasteiger partial charge on any atom is -0.384 e. The predicted octanol–water partition coefficient (Wildman–Crippen LogP) is 2.72. The Labute approximate surface area is 92.3 Å². The summed E-state index contributed by atoms with van der Waals surface area (Å²) in [6, 6.07) is 5.01. The van der Waals surface area contributed by atoms with Gasteiger partial charge in [0.25, 0.3) is 0 Å². The van der Waals surface area contributed by atoms with Crippen molar-refractivity contribution in [2.24, 2.45) is 0 Å². The Hall–Kier alpha value is -1.02. The largest absolute Gasteiger partial charge is 0.384 e. The molecular weight excluding hydrogens is 184 g/mol. The summed E-state index contributed by atoms with van der Waals surface area (Å²) >= 11 is 0. The van der Waals surface area contributed by atoms with Crippen LogP contribution in [0.2, 0.25) is 0 Å². The lowest BCUT2D eigenvalue weighted by Gasteiger charge is -2.33. The van der Waals surface area contributed by atoms with Crippen molar-refractivity contribution in [3.63, 3.8) is 0 Å². The second kappa shape index (κ2) is 3.86. The van der Waals surface area contributed by atoms with E-state index in [0.29, 0.717) is 6.04 Å². The summed E-state index contributed by atoms with van der Waals surface area (Å²) in [4.78, 5) is 2.33. The normalized spacial score (nSPS) is 19.9. The maximum atomic E-state index is 3.53. The molecule has 1 aliphatic rings. The molecule has 0 aromatic heterocycles. The molecule has 2 nitrogen and oxygen atoms in total. The van der Waals surface area contributed by atoms with Crippen molar-refractivity contribution >= 4 is 5.69 Å². The monoisotopic (exact) mass is 204 g/mol.